The minimum Gasteiger partial charge on any atom is -0.484 e. The summed E-state index contributed by atoms with van der Waals surface area (Å²) < 4.78 is 5.36. The van der Waals surface area contributed by atoms with E-state index in [1.165, 1.54) is 18.2 Å². The molecule has 28 heavy (non-hydrogen) atoms. The fraction of sp³-hybridized carbons (Fsp3) is 0.0556. The third-order valence-corrected chi connectivity index (χ3v) is 4.38. The van der Waals surface area contributed by atoms with E-state index in [9.17, 15) is 24.5 Å². The first-order valence-corrected chi connectivity index (χ1v) is 8.75. The summed E-state index contributed by atoms with van der Waals surface area (Å²) in [4.78, 5) is 45.3. The highest BCUT2D eigenvalue weighted by Gasteiger charge is 2.24. The topological polar surface area (TPSA) is 128 Å². The average Bonchev–Trinajstić information content (AvgIpc) is 2.98. The third kappa shape index (κ3) is 4.74. The number of hydrogen-bond acceptors (Lipinski definition) is 7. The molecule has 0 atom stereocenters. The van der Waals surface area contributed by atoms with Crippen molar-refractivity contribution in [2.75, 3.05) is 11.9 Å². The molecule has 2 aromatic rings. The van der Waals surface area contributed by atoms with E-state index in [4.69, 9.17) is 4.74 Å². The number of imide groups is 1. The molecule has 0 aliphatic carbocycles. The van der Waals surface area contributed by atoms with Crippen molar-refractivity contribution in [3.8, 4) is 5.75 Å². The standard InChI is InChI=1S/C18H13N3O6S/c22-16(19-13-3-1-2-4-14(13)21(25)26)10-27-12-7-5-11(6-8-12)9-15-17(23)20-18(24)28-15/h1-9H,10H2,(H,19,22)(H,20,23,24)/b15-9-. The molecular weight excluding hydrogens is 386 g/mol. The zero-order valence-electron chi connectivity index (χ0n) is 14.2. The van der Waals surface area contributed by atoms with E-state index in [0.717, 1.165) is 11.8 Å². The molecule has 10 heteroatoms. The Bertz CT molecular complexity index is 987. The molecule has 0 radical (unpaired) electrons. The summed E-state index contributed by atoms with van der Waals surface area (Å²) in [6, 6.07) is 12.3. The van der Waals surface area contributed by atoms with E-state index in [0.29, 0.717) is 16.2 Å². The lowest BCUT2D eigenvalue weighted by Gasteiger charge is -2.08. The van der Waals surface area contributed by atoms with Gasteiger partial charge in [-0.25, -0.2) is 0 Å². The summed E-state index contributed by atoms with van der Waals surface area (Å²) in [6.45, 7) is -0.334. The van der Waals surface area contributed by atoms with Gasteiger partial charge in [-0.1, -0.05) is 24.3 Å². The van der Waals surface area contributed by atoms with Gasteiger partial charge in [-0.05, 0) is 41.6 Å². The highest BCUT2D eigenvalue weighted by Crippen LogP contribution is 2.26. The minimum atomic E-state index is -0.583. The summed E-state index contributed by atoms with van der Waals surface area (Å²) in [5.41, 5.74) is 0.564. The van der Waals surface area contributed by atoms with Crippen LogP contribution >= 0.6 is 11.8 Å². The number of carbonyl (C=O) groups excluding carboxylic acids is 3. The maximum atomic E-state index is 12.0. The van der Waals surface area contributed by atoms with Gasteiger partial charge < -0.3 is 10.1 Å². The number of rotatable bonds is 6. The van der Waals surface area contributed by atoms with Crippen molar-refractivity contribution in [3.05, 3.63) is 69.1 Å². The number of nitrogens with zero attached hydrogens (tertiary/aromatic N) is 1. The van der Waals surface area contributed by atoms with Gasteiger partial charge in [0.05, 0.1) is 9.83 Å². The lowest BCUT2D eigenvalue weighted by molar-refractivity contribution is -0.383. The molecule has 2 N–H and O–H groups in total. The zero-order chi connectivity index (χ0) is 20.1. The van der Waals surface area contributed by atoms with Gasteiger partial charge in [0, 0.05) is 6.07 Å². The fourth-order valence-corrected chi connectivity index (χ4v) is 2.99. The van der Waals surface area contributed by atoms with Crippen molar-refractivity contribution >= 4 is 46.3 Å². The van der Waals surface area contributed by atoms with E-state index in [1.54, 1.807) is 36.4 Å². The Kier molecular flexibility index (Phi) is 5.70. The lowest BCUT2D eigenvalue weighted by Crippen LogP contribution is -2.20. The molecule has 1 heterocycles. The first-order valence-electron chi connectivity index (χ1n) is 7.93. The first kappa shape index (κ1) is 19.1. The number of ether oxygens (including phenoxy) is 1. The highest BCUT2D eigenvalue weighted by atomic mass is 32.2. The molecule has 0 unspecified atom stereocenters. The van der Waals surface area contributed by atoms with Gasteiger partial charge in [0.1, 0.15) is 11.4 Å². The van der Waals surface area contributed by atoms with Crippen LogP contribution in [0.5, 0.6) is 5.75 Å². The van der Waals surface area contributed by atoms with Gasteiger partial charge in [-0.15, -0.1) is 0 Å². The zero-order valence-corrected chi connectivity index (χ0v) is 15.0. The van der Waals surface area contributed by atoms with Crippen molar-refractivity contribution in [3.63, 3.8) is 0 Å². The van der Waals surface area contributed by atoms with Crippen molar-refractivity contribution in [1.82, 2.24) is 5.32 Å². The van der Waals surface area contributed by atoms with Crippen LogP contribution in [0, 0.1) is 10.1 Å². The van der Waals surface area contributed by atoms with Crippen LogP contribution in [0.4, 0.5) is 16.2 Å². The lowest BCUT2D eigenvalue weighted by atomic mass is 10.2. The average molecular weight is 399 g/mol. The number of nitrogens with one attached hydrogen (secondary N) is 2. The molecule has 1 aliphatic rings. The van der Waals surface area contributed by atoms with Crippen LogP contribution in [0.1, 0.15) is 5.56 Å². The molecule has 1 fully saturated rings. The molecule has 0 bridgehead atoms. The minimum absolute atomic E-state index is 0.0879. The molecule has 142 valence electrons. The van der Waals surface area contributed by atoms with Gasteiger partial charge in [0.25, 0.3) is 22.7 Å². The van der Waals surface area contributed by atoms with E-state index in [-0.39, 0.29) is 18.0 Å². The van der Waals surface area contributed by atoms with E-state index in [1.807, 2.05) is 0 Å². The van der Waals surface area contributed by atoms with E-state index < -0.39 is 22.0 Å². The molecule has 1 saturated heterocycles. The molecular formula is C18H13N3O6S. The number of thioether (sulfide) groups is 1. The maximum absolute atomic E-state index is 12.0. The van der Waals surface area contributed by atoms with Crippen LogP contribution in [0.2, 0.25) is 0 Å². The van der Waals surface area contributed by atoms with Gasteiger partial charge in [0.15, 0.2) is 6.61 Å². The van der Waals surface area contributed by atoms with Crippen LogP contribution < -0.4 is 15.4 Å². The number of nitro groups is 1. The predicted octanol–water partition coefficient (Wildman–Crippen LogP) is 2.94. The van der Waals surface area contributed by atoms with Crippen LogP contribution in [-0.4, -0.2) is 28.6 Å². The number of anilines is 1. The number of benzene rings is 2. The second-order valence-electron chi connectivity index (χ2n) is 5.53. The normalized spacial score (nSPS) is 14.6. The van der Waals surface area contributed by atoms with Gasteiger partial charge >= 0.3 is 0 Å². The summed E-state index contributed by atoms with van der Waals surface area (Å²) >= 11 is 0.820. The van der Waals surface area contributed by atoms with Crippen molar-refractivity contribution in [2.45, 2.75) is 0 Å². The Labute approximate surface area is 162 Å². The van der Waals surface area contributed by atoms with E-state index in [2.05, 4.69) is 10.6 Å². The second kappa shape index (κ2) is 8.35. The number of hydrogen-bond donors (Lipinski definition) is 2. The van der Waals surface area contributed by atoms with Gasteiger partial charge in [-0.3, -0.25) is 29.8 Å². The van der Waals surface area contributed by atoms with Crippen molar-refractivity contribution in [2.24, 2.45) is 0 Å². The molecule has 2 aromatic carbocycles. The monoisotopic (exact) mass is 399 g/mol. The summed E-state index contributed by atoms with van der Waals surface area (Å²) in [5.74, 6) is -0.584. The Hall–Kier alpha value is -3.66. The highest BCUT2D eigenvalue weighted by molar-refractivity contribution is 8.18. The van der Waals surface area contributed by atoms with Crippen LogP contribution in [0.3, 0.4) is 0 Å². The largest absolute Gasteiger partial charge is 0.484 e. The fourth-order valence-electron chi connectivity index (χ4n) is 2.31. The molecule has 1 aliphatic heterocycles. The Balaban J connectivity index is 1.57. The van der Waals surface area contributed by atoms with Crippen molar-refractivity contribution in [1.29, 1.82) is 0 Å². The summed E-state index contributed by atoms with van der Waals surface area (Å²) in [7, 11) is 0. The number of amides is 3. The van der Waals surface area contributed by atoms with E-state index >= 15 is 0 Å². The Morgan fingerprint density at radius 1 is 1.18 bits per heavy atom. The number of carbonyl (C=O) groups is 3. The summed E-state index contributed by atoms with van der Waals surface area (Å²) in [6.07, 6.45) is 1.57. The SMILES string of the molecule is O=C(COc1ccc(/C=C2\SC(=O)NC2=O)cc1)Nc1ccccc1[N+](=O)[O-]. The quantitative estimate of drug-likeness (QED) is 0.434. The molecule has 3 rings (SSSR count). The Morgan fingerprint density at radius 3 is 2.54 bits per heavy atom. The Morgan fingerprint density at radius 2 is 1.89 bits per heavy atom. The third-order valence-electron chi connectivity index (χ3n) is 3.56. The van der Waals surface area contributed by atoms with Crippen molar-refractivity contribution < 1.29 is 24.0 Å². The maximum Gasteiger partial charge on any atom is 0.292 e. The molecule has 3 amide bonds. The van der Waals surface area contributed by atoms with Gasteiger partial charge in [0.2, 0.25) is 0 Å². The molecule has 9 nitrogen and oxygen atoms in total. The van der Waals surface area contributed by atoms with Gasteiger partial charge in [-0.2, -0.15) is 0 Å². The molecule has 0 saturated carbocycles. The van der Waals surface area contributed by atoms with Crippen LogP contribution in [0.25, 0.3) is 6.08 Å². The number of para-hydroxylation sites is 2. The smallest absolute Gasteiger partial charge is 0.292 e. The molecule has 0 spiro atoms. The molecule has 0 aromatic heterocycles. The first-order chi connectivity index (χ1) is 13.4. The number of nitro benzene ring substituents is 1. The van der Waals surface area contributed by atoms with Crippen LogP contribution in [0.15, 0.2) is 53.4 Å². The summed E-state index contributed by atoms with van der Waals surface area (Å²) in [5, 5.41) is 15.1. The predicted molar refractivity (Wildman–Crippen MR) is 103 cm³/mol. The van der Waals surface area contributed by atoms with Crippen LogP contribution in [-0.2, 0) is 9.59 Å². The second-order valence-corrected chi connectivity index (χ2v) is 6.55.